The van der Waals surface area contributed by atoms with Crippen molar-refractivity contribution in [3.63, 3.8) is 0 Å². The number of hydrogen-bond acceptors (Lipinski definition) is 3. The number of aromatic carboxylic acids is 1. The number of benzene rings is 1. The molecule has 1 atom stereocenters. The van der Waals surface area contributed by atoms with Crippen LogP contribution in [0.25, 0.3) is 0 Å². The number of carboxylic acid groups (broad SMARTS) is 1. The summed E-state index contributed by atoms with van der Waals surface area (Å²) in [7, 11) is 0. The maximum Gasteiger partial charge on any atom is 0.335 e. The first-order chi connectivity index (χ1) is 8.58. The highest BCUT2D eigenvalue weighted by Gasteiger charge is 2.11. The molecule has 0 aliphatic carbocycles. The summed E-state index contributed by atoms with van der Waals surface area (Å²) in [6.45, 7) is 1.93. The molecular formula is C13H12FNO2S. The summed E-state index contributed by atoms with van der Waals surface area (Å²) in [5, 5.41) is 13.7. The summed E-state index contributed by atoms with van der Waals surface area (Å²) in [6, 6.07) is 7.73. The number of nitrogens with one attached hydrogen (secondary N) is 1. The van der Waals surface area contributed by atoms with Crippen LogP contribution in [0.1, 0.15) is 28.2 Å². The predicted molar refractivity (Wildman–Crippen MR) is 69.7 cm³/mol. The smallest absolute Gasteiger partial charge is 0.335 e. The number of anilines is 1. The van der Waals surface area contributed by atoms with Crippen molar-refractivity contribution in [1.82, 2.24) is 0 Å². The molecule has 0 saturated carbocycles. The largest absolute Gasteiger partial charge is 0.478 e. The van der Waals surface area contributed by atoms with Crippen molar-refractivity contribution in [3.8, 4) is 0 Å². The maximum atomic E-state index is 13.7. The summed E-state index contributed by atoms with van der Waals surface area (Å²) < 4.78 is 13.7. The van der Waals surface area contributed by atoms with Crippen molar-refractivity contribution in [3.05, 3.63) is 52.0 Å². The van der Waals surface area contributed by atoms with Gasteiger partial charge in [0.25, 0.3) is 0 Å². The van der Waals surface area contributed by atoms with Crippen LogP contribution in [-0.4, -0.2) is 11.1 Å². The van der Waals surface area contributed by atoms with E-state index in [0.717, 1.165) is 10.9 Å². The van der Waals surface area contributed by atoms with Crippen LogP contribution in [0.5, 0.6) is 0 Å². The second-order valence-electron chi connectivity index (χ2n) is 3.88. The van der Waals surface area contributed by atoms with Gasteiger partial charge >= 0.3 is 5.97 Å². The van der Waals surface area contributed by atoms with E-state index >= 15 is 0 Å². The number of halogens is 1. The third kappa shape index (κ3) is 2.68. The molecule has 18 heavy (non-hydrogen) atoms. The Morgan fingerprint density at radius 1 is 1.44 bits per heavy atom. The van der Waals surface area contributed by atoms with Crippen molar-refractivity contribution < 1.29 is 14.3 Å². The van der Waals surface area contributed by atoms with Gasteiger partial charge in [-0.15, -0.1) is 11.3 Å². The van der Waals surface area contributed by atoms with Crippen molar-refractivity contribution in [1.29, 1.82) is 0 Å². The van der Waals surface area contributed by atoms with Crippen LogP contribution in [-0.2, 0) is 0 Å². The number of thiophene rings is 1. The maximum absolute atomic E-state index is 13.7. The van der Waals surface area contributed by atoms with Crippen LogP contribution < -0.4 is 5.32 Å². The molecule has 0 spiro atoms. The Balaban J connectivity index is 2.17. The Labute approximate surface area is 108 Å². The molecule has 0 radical (unpaired) electrons. The van der Waals surface area contributed by atoms with E-state index in [9.17, 15) is 9.18 Å². The van der Waals surface area contributed by atoms with Crippen molar-refractivity contribution in [2.75, 3.05) is 5.32 Å². The normalized spacial score (nSPS) is 12.1. The van der Waals surface area contributed by atoms with E-state index in [1.54, 1.807) is 11.3 Å². The Hall–Kier alpha value is -1.88. The summed E-state index contributed by atoms with van der Waals surface area (Å²) in [4.78, 5) is 11.8. The lowest BCUT2D eigenvalue weighted by Gasteiger charge is -2.14. The van der Waals surface area contributed by atoms with Gasteiger partial charge in [0.05, 0.1) is 17.3 Å². The minimum Gasteiger partial charge on any atom is -0.478 e. The van der Waals surface area contributed by atoms with Gasteiger partial charge in [0.2, 0.25) is 0 Å². The Bertz CT molecular complexity index is 554. The Morgan fingerprint density at radius 2 is 2.22 bits per heavy atom. The molecule has 0 saturated heterocycles. The fourth-order valence-electron chi connectivity index (χ4n) is 1.61. The zero-order valence-corrected chi connectivity index (χ0v) is 10.5. The second kappa shape index (κ2) is 5.18. The number of rotatable bonds is 4. The first-order valence-corrected chi connectivity index (χ1v) is 6.28. The molecule has 1 aromatic carbocycles. The highest BCUT2D eigenvalue weighted by molar-refractivity contribution is 7.10. The lowest BCUT2D eigenvalue weighted by atomic mass is 10.2. The van der Waals surface area contributed by atoms with Gasteiger partial charge in [-0.05, 0) is 36.6 Å². The van der Waals surface area contributed by atoms with E-state index in [0.29, 0.717) is 5.69 Å². The second-order valence-corrected chi connectivity index (χ2v) is 4.86. The first-order valence-electron chi connectivity index (χ1n) is 5.40. The highest BCUT2D eigenvalue weighted by Crippen LogP contribution is 2.25. The molecule has 0 bridgehead atoms. The molecule has 1 aromatic heterocycles. The van der Waals surface area contributed by atoms with E-state index in [-0.39, 0.29) is 11.6 Å². The average molecular weight is 265 g/mol. The minimum absolute atomic E-state index is 0.0184. The van der Waals surface area contributed by atoms with Crippen LogP contribution in [0.3, 0.4) is 0 Å². The van der Waals surface area contributed by atoms with Gasteiger partial charge in [0.1, 0.15) is 5.82 Å². The van der Waals surface area contributed by atoms with Crippen molar-refractivity contribution in [2.45, 2.75) is 13.0 Å². The van der Waals surface area contributed by atoms with Gasteiger partial charge in [0.15, 0.2) is 0 Å². The fraction of sp³-hybridized carbons (Fsp3) is 0.154. The van der Waals surface area contributed by atoms with Gasteiger partial charge in [0, 0.05) is 4.88 Å². The van der Waals surface area contributed by atoms with E-state index in [1.165, 1.54) is 12.1 Å². The van der Waals surface area contributed by atoms with Gasteiger partial charge in [-0.3, -0.25) is 0 Å². The third-order valence-electron chi connectivity index (χ3n) is 2.56. The topological polar surface area (TPSA) is 49.3 Å². The number of carboxylic acids is 1. The van der Waals surface area contributed by atoms with E-state index in [4.69, 9.17) is 5.11 Å². The molecule has 2 N–H and O–H groups in total. The van der Waals surface area contributed by atoms with Crippen LogP contribution in [0.4, 0.5) is 10.1 Å². The minimum atomic E-state index is -1.13. The van der Waals surface area contributed by atoms with Crippen LogP contribution >= 0.6 is 11.3 Å². The lowest BCUT2D eigenvalue weighted by molar-refractivity contribution is 0.0696. The Morgan fingerprint density at radius 3 is 2.78 bits per heavy atom. The highest BCUT2D eigenvalue weighted by atomic mass is 32.1. The molecule has 0 fully saturated rings. The molecular weight excluding hydrogens is 253 g/mol. The van der Waals surface area contributed by atoms with Gasteiger partial charge in [-0.2, -0.15) is 0 Å². The lowest BCUT2D eigenvalue weighted by Crippen LogP contribution is -2.07. The third-order valence-corrected chi connectivity index (χ3v) is 3.61. The number of hydrogen-bond donors (Lipinski definition) is 2. The van der Waals surface area contributed by atoms with E-state index in [2.05, 4.69) is 5.32 Å². The molecule has 2 aromatic rings. The molecule has 1 unspecified atom stereocenters. The molecule has 94 valence electrons. The molecule has 0 aliphatic heterocycles. The average Bonchev–Trinajstić information content (AvgIpc) is 2.85. The van der Waals surface area contributed by atoms with Crippen LogP contribution in [0, 0.1) is 5.82 Å². The first kappa shape index (κ1) is 12.6. The van der Waals surface area contributed by atoms with Crippen molar-refractivity contribution in [2.24, 2.45) is 0 Å². The predicted octanol–water partition coefficient (Wildman–Crippen LogP) is 3.76. The fourth-order valence-corrected chi connectivity index (χ4v) is 2.34. The van der Waals surface area contributed by atoms with Gasteiger partial charge in [-0.1, -0.05) is 6.07 Å². The molecule has 0 aliphatic rings. The SMILES string of the molecule is CC(Nc1ccc(C(=O)O)cc1F)c1cccs1. The molecule has 3 nitrogen and oxygen atoms in total. The monoisotopic (exact) mass is 265 g/mol. The number of carbonyl (C=O) groups is 1. The zero-order chi connectivity index (χ0) is 13.1. The molecule has 5 heteroatoms. The molecule has 1 heterocycles. The Kier molecular flexibility index (Phi) is 3.62. The standard InChI is InChI=1S/C13H12FNO2S/c1-8(12-3-2-6-18-12)15-11-5-4-9(13(16)17)7-10(11)14/h2-8,15H,1H3,(H,16,17). The van der Waals surface area contributed by atoms with Gasteiger partial charge in [-0.25, -0.2) is 9.18 Å². The summed E-state index contributed by atoms with van der Waals surface area (Å²) in [6.07, 6.45) is 0. The van der Waals surface area contributed by atoms with Crippen LogP contribution in [0.15, 0.2) is 35.7 Å². The van der Waals surface area contributed by atoms with Crippen molar-refractivity contribution >= 4 is 23.0 Å². The molecule has 2 rings (SSSR count). The van der Waals surface area contributed by atoms with E-state index in [1.807, 2.05) is 24.4 Å². The quantitative estimate of drug-likeness (QED) is 0.885. The van der Waals surface area contributed by atoms with E-state index < -0.39 is 11.8 Å². The molecule has 0 amide bonds. The zero-order valence-electron chi connectivity index (χ0n) is 9.68. The van der Waals surface area contributed by atoms with Crippen LogP contribution in [0.2, 0.25) is 0 Å². The van der Waals surface area contributed by atoms with Gasteiger partial charge < -0.3 is 10.4 Å². The summed E-state index contributed by atoms with van der Waals surface area (Å²) in [5.74, 6) is -1.69. The summed E-state index contributed by atoms with van der Waals surface area (Å²) in [5.41, 5.74) is 0.253. The summed E-state index contributed by atoms with van der Waals surface area (Å²) >= 11 is 1.59.